The molecule has 6 nitrogen and oxygen atoms in total. The first-order valence-electron chi connectivity index (χ1n) is 7.09. The van der Waals surface area contributed by atoms with Crippen LogP contribution in [-0.2, 0) is 4.74 Å². The van der Waals surface area contributed by atoms with E-state index in [-0.39, 0.29) is 0 Å². The molecule has 0 atom stereocenters. The zero-order valence-corrected chi connectivity index (χ0v) is 12.3. The summed E-state index contributed by atoms with van der Waals surface area (Å²) in [5.74, 6) is 1.59. The second-order valence-corrected chi connectivity index (χ2v) is 5.05. The highest BCUT2D eigenvalue weighted by molar-refractivity contribution is 5.59. The van der Waals surface area contributed by atoms with Gasteiger partial charge in [-0.2, -0.15) is 0 Å². The summed E-state index contributed by atoms with van der Waals surface area (Å²) in [7, 11) is 0. The highest BCUT2D eigenvalue weighted by Gasteiger charge is 2.13. The summed E-state index contributed by atoms with van der Waals surface area (Å²) in [5, 5.41) is 3.22. The van der Waals surface area contributed by atoms with Gasteiger partial charge >= 0.3 is 0 Å². The summed E-state index contributed by atoms with van der Waals surface area (Å²) in [4.78, 5) is 15.5. The summed E-state index contributed by atoms with van der Waals surface area (Å²) >= 11 is 0. The number of morpholine rings is 1. The molecule has 0 spiro atoms. The summed E-state index contributed by atoms with van der Waals surface area (Å²) < 4.78 is 5.37. The first kappa shape index (κ1) is 13.8. The summed E-state index contributed by atoms with van der Waals surface area (Å²) in [6.45, 7) is 7.23. The first-order valence-corrected chi connectivity index (χ1v) is 7.09. The molecule has 3 rings (SSSR count). The Morgan fingerprint density at radius 3 is 2.62 bits per heavy atom. The molecule has 6 heteroatoms. The SMILES string of the molecule is Cc1ccnc(Nc2ccc(N3CCOCC3)nc2C)n1. The maximum atomic E-state index is 5.37. The van der Waals surface area contributed by atoms with E-state index >= 15 is 0 Å². The number of anilines is 3. The van der Waals surface area contributed by atoms with Crippen molar-refractivity contribution in [1.29, 1.82) is 0 Å². The van der Waals surface area contributed by atoms with E-state index in [0.717, 1.165) is 49.2 Å². The van der Waals surface area contributed by atoms with Gasteiger partial charge in [0.1, 0.15) is 5.82 Å². The third kappa shape index (κ3) is 3.28. The Bertz CT molecular complexity index is 625. The van der Waals surface area contributed by atoms with E-state index in [9.17, 15) is 0 Å². The lowest BCUT2D eigenvalue weighted by Gasteiger charge is -2.28. The fourth-order valence-electron chi connectivity index (χ4n) is 2.28. The van der Waals surface area contributed by atoms with Crippen molar-refractivity contribution in [3.63, 3.8) is 0 Å². The van der Waals surface area contributed by atoms with Crippen LogP contribution in [0.5, 0.6) is 0 Å². The Labute approximate surface area is 124 Å². The number of hydrogen-bond acceptors (Lipinski definition) is 6. The van der Waals surface area contributed by atoms with E-state index in [1.54, 1.807) is 6.20 Å². The van der Waals surface area contributed by atoms with E-state index < -0.39 is 0 Å². The van der Waals surface area contributed by atoms with Crippen molar-refractivity contribution in [2.75, 3.05) is 36.5 Å². The topological polar surface area (TPSA) is 63.2 Å². The smallest absolute Gasteiger partial charge is 0.227 e. The molecular formula is C15H19N5O. The van der Waals surface area contributed by atoms with Crippen molar-refractivity contribution < 1.29 is 4.74 Å². The quantitative estimate of drug-likeness (QED) is 0.931. The zero-order chi connectivity index (χ0) is 14.7. The van der Waals surface area contributed by atoms with Crippen molar-refractivity contribution in [3.05, 3.63) is 35.8 Å². The van der Waals surface area contributed by atoms with Gasteiger partial charge in [-0.15, -0.1) is 0 Å². The van der Waals surface area contributed by atoms with Crippen molar-refractivity contribution in [3.8, 4) is 0 Å². The maximum absolute atomic E-state index is 5.37. The summed E-state index contributed by atoms with van der Waals surface area (Å²) in [6.07, 6.45) is 1.75. The third-order valence-corrected chi connectivity index (χ3v) is 3.45. The van der Waals surface area contributed by atoms with Crippen molar-refractivity contribution in [2.24, 2.45) is 0 Å². The molecule has 2 aromatic heterocycles. The van der Waals surface area contributed by atoms with Crippen LogP contribution >= 0.6 is 0 Å². The van der Waals surface area contributed by atoms with Crippen LogP contribution < -0.4 is 10.2 Å². The molecule has 0 aliphatic carbocycles. The predicted molar refractivity (Wildman–Crippen MR) is 82.1 cm³/mol. The molecule has 1 N–H and O–H groups in total. The van der Waals surface area contributed by atoms with Gasteiger partial charge in [0, 0.05) is 25.0 Å². The molecule has 0 amide bonds. The predicted octanol–water partition coefficient (Wildman–Crippen LogP) is 2.07. The first-order chi connectivity index (χ1) is 10.2. The van der Waals surface area contributed by atoms with Crippen LogP contribution in [0.25, 0.3) is 0 Å². The van der Waals surface area contributed by atoms with Gasteiger partial charge in [-0.3, -0.25) is 0 Å². The van der Waals surface area contributed by atoms with E-state index in [0.29, 0.717) is 5.95 Å². The van der Waals surface area contributed by atoms with Gasteiger partial charge in [-0.05, 0) is 32.0 Å². The lowest BCUT2D eigenvalue weighted by atomic mass is 10.3. The van der Waals surface area contributed by atoms with Crippen molar-refractivity contribution in [1.82, 2.24) is 15.0 Å². The molecule has 1 aliphatic rings. The molecule has 0 radical (unpaired) electrons. The second kappa shape index (κ2) is 6.05. The molecule has 1 fully saturated rings. The summed E-state index contributed by atoms with van der Waals surface area (Å²) in [6, 6.07) is 5.92. The molecule has 2 aromatic rings. The van der Waals surface area contributed by atoms with E-state index in [1.807, 2.05) is 32.0 Å². The van der Waals surface area contributed by atoms with Crippen LogP contribution in [0.3, 0.4) is 0 Å². The van der Waals surface area contributed by atoms with Gasteiger partial charge in [0.25, 0.3) is 0 Å². The monoisotopic (exact) mass is 285 g/mol. The van der Waals surface area contributed by atoms with Crippen molar-refractivity contribution >= 4 is 17.5 Å². The Balaban J connectivity index is 1.77. The average molecular weight is 285 g/mol. The number of nitrogens with one attached hydrogen (secondary N) is 1. The number of pyridine rings is 1. The molecule has 1 aliphatic heterocycles. The Morgan fingerprint density at radius 2 is 1.90 bits per heavy atom. The standard InChI is InChI=1S/C15H19N5O/c1-11-5-6-16-15(17-11)19-13-3-4-14(18-12(13)2)20-7-9-21-10-8-20/h3-6H,7-10H2,1-2H3,(H,16,17,19). The summed E-state index contributed by atoms with van der Waals surface area (Å²) in [5.41, 5.74) is 2.80. The molecule has 110 valence electrons. The highest BCUT2D eigenvalue weighted by atomic mass is 16.5. The normalized spacial score (nSPS) is 15.0. The minimum absolute atomic E-state index is 0.596. The molecule has 0 unspecified atom stereocenters. The van der Waals surface area contributed by atoms with Crippen LogP contribution in [0.15, 0.2) is 24.4 Å². The highest BCUT2D eigenvalue weighted by Crippen LogP contribution is 2.21. The van der Waals surface area contributed by atoms with Gasteiger partial charge in [0.05, 0.1) is 24.6 Å². The molecule has 0 aromatic carbocycles. The number of aryl methyl sites for hydroxylation is 2. The van der Waals surface area contributed by atoms with Crippen LogP contribution in [0.2, 0.25) is 0 Å². The van der Waals surface area contributed by atoms with Crippen LogP contribution in [0, 0.1) is 13.8 Å². The van der Waals surface area contributed by atoms with Gasteiger partial charge < -0.3 is 15.0 Å². The molecule has 0 saturated carbocycles. The second-order valence-electron chi connectivity index (χ2n) is 5.05. The number of aromatic nitrogens is 3. The van der Waals surface area contributed by atoms with Gasteiger partial charge in [0.2, 0.25) is 5.95 Å². The minimum Gasteiger partial charge on any atom is -0.378 e. The maximum Gasteiger partial charge on any atom is 0.227 e. The molecule has 0 bridgehead atoms. The molecular weight excluding hydrogens is 266 g/mol. The van der Waals surface area contributed by atoms with Crippen LogP contribution in [0.1, 0.15) is 11.4 Å². The minimum atomic E-state index is 0.596. The lowest BCUT2D eigenvalue weighted by Crippen LogP contribution is -2.36. The molecule has 3 heterocycles. The lowest BCUT2D eigenvalue weighted by molar-refractivity contribution is 0.122. The van der Waals surface area contributed by atoms with Gasteiger partial charge in [0.15, 0.2) is 0 Å². The van der Waals surface area contributed by atoms with E-state index in [2.05, 4.69) is 25.2 Å². The number of rotatable bonds is 3. The molecule has 1 saturated heterocycles. The molecule has 21 heavy (non-hydrogen) atoms. The average Bonchev–Trinajstić information content (AvgIpc) is 2.50. The van der Waals surface area contributed by atoms with Crippen LogP contribution in [0.4, 0.5) is 17.5 Å². The number of hydrogen-bond donors (Lipinski definition) is 1. The largest absolute Gasteiger partial charge is 0.378 e. The Kier molecular flexibility index (Phi) is 3.96. The zero-order valence-electron chi connectivity index (χ0n) is 12.3. The van der Waals surface area contributed by atoms with Crippen LogP contribution in [-0.4, -0.2) is 41.3 Å². The van der Waals surface area contributed by atoms with Crippen molar-refractivity contribution in [2.45, 2.75) is 13.8 Å². The third-order valence-electron chi connectivity index (χ3n) is 3.45. The fraction of sp³-hybridized carbons (Fsp3) is 0.400. The van der Waals surface area contributed by atoms with Gasteiger partial charge in [-0.25, -0.2) is 15.0 Å². The Morgan fingerprint density at radius 1 is 1.10 bits per heavy atom. The van der Waals surface area contributed by atoms with Gasteiger partial charge in [-0.1, -0.05) is 0 Å². The Hall–Kier alpha value is -2.21. The van der Waals surface area contributed by atoms with E-state index in [4.69, 9.17) is 4.74 Å². The number of nitrogens with zero attached hydrogens (tertiary/aromatic N) is 4. The van der Waals surface area contributed by atoms with E-state index in [1.165, 1.54) is 0 Å². The fourth-order valence-corrected chi connectivity index (χ4v) is 2.28. The number of ether oxygens (including phenoxy) is 1.